The van der Waals surface area contributed by atoms with Crippen molar-refractivity contribution in [2.75, 3.05) is 0 Å². The van der Waals surface area contributed by atoms with Crippen LogP contribution in [0.3, 0.4) is 0 Å². The summed E-state index contributed by atoms with van der Waals surface area (Å²) in [5.74, 6) is 1.71. The first-order chi connectivity index (χ1) is 25.7. The molecule has 0 amide bonds. The van der Waals surface area contributed by atoms with Gasteiger partial charge in [-0.05, 0) is 63.0 Å². The molecule has 0 fully saturated rings. The van der Waals surface area contributed by atoms with Gasteiger partial charge in [-0.25, -0.2) is 15.0 Å². The van der Waals surface area contributed by atoms with Gasteiger partial charge in [0, 0.05) is 38.6 Å². The SMILES string of the molecule is Oc1c(-c2cccc3oc4ccccc4c23)ccc(-c2nc(-c3ccccc3)nc(-c3ccc4c(ccc5ccccc54)c3)n2)c1-c1ccccc1. The van der Waals surface area contributed by atoms with Crippen LogP contribution in [0.4, 0.5) is 0 Å². The van der Waals surface area contributed by atoms with Crippen molar-refractivity contribution in [3.05, 3.63) is 170 Å². The fourth-order valence-corrected chi connectivity index (χ4v) is 7.38. The fourth-order valence-electron chi connectivity index (χ4n) is 7.38. The maximum Gasteiger partial charge on any atom is 0.164 e. The van der Waals surface area contributed by atoms with Crippen LogP contribution >= 0.6 is 0 Å². The molecule has 10 rings (SSSR count). The highest BCUT2D eigenvalue weighted by Gasteiger charge is 2.23. The molecule has 8 aromatic carbocycles. The first-order valence-corrected chi connectivity index (χ1v) is 17.3. The Morgan fingerprint density at radius 1 is 0.385 bits per heavy atom. The van der Waals surface area contributed by atoms with Gasteiger partial charge in [-0.3, -0.25) is 0 Å². The van der Waals surface area contributed by atoms with Crippen LogP contribution in [-0.2, 0) is 0 Å². The zero-order valence-electron chi connectivity index (χ0n) is 27.9. The van der Waals surface area contributed by atoms with E-state index >= 15 is 0 Å². The topological polar surface area (TPSA) is 72.0 Å². The minimum Gasteiger partial charge on any atom is -0.507 e. The Kier molecular flexibility index (Phi) is 6.89. The third kappa shape index (κ3) is 4.90. The van der Waals surface area contributed by atoms with Gasteiger partial charge in [-0.15, -0.1) is 0 Å². The van der Waals surface area contributed by atoms with Crippen molar-refractivity contribution in [3.63, 3.8) is 0 Å². The van der Waals surface area contributed by atoms with Crippen LogP contribution in [0.15, 0.2) is 174 Å². The van der Waals surface area contributed by atoms with E-state index in [1.165, 1.54) is 16.2 Å². The highest BCUT2D eigenvalue weighted by molar-refractivity contribution is 6.13. The summed E-state index contributed by atoms with van der Waals surface area (Å²) in [4.78, 5) is 15.2. The van der Waals surface area contributed by atoms with Gasteiger partial charge in [0.1, 0.15) is 16.9 Å². The van der Waals surface area contributed by atoms with Crippen molar-refractivity contribution in [3.8, 4) is 62.2 Å². The predicted octanol–water partition coefficient (Wildman–Crippen LogP) is 12.1. The molecule has 5 nitrogen and oxygen atoms in total. The summed E-state index contributed by atoms with van der Waals surface area (Å²) in [6, 6.07) is 56.9. The molecular weight excluding hydrogens is 639 g/mol. The van der Waals surface area contributed by atoms with Gasteiger partial charge in [0.2, 0.25) is 0 Å². The first-order valence-electron chi connectivity index (χ1n) is 17.3. The molecule has 0 radical (unpaired) electrons. The first kappa shape index (κ1) is 29.8. The predicted molar refractivity (Wildman–Crippen MR) is 211 cm³/mol. The Morgan fingerprint density at radius 2 is 1.00 bits per heavy atom. The third-order valence-electron chi connectivity index (χ3n) is 9.84. The van der Waals surface area contributed by atoms with Crippen LogP contribution in [0.2, 0.25) is 0 Å². The molecule has 0 aliphatic rings. The van der Waals surface area contributed by atoms with E-state index in [2.05, 4.69) is 60.7 Å². The summed E-state index contributed by atoms with van der Waals surface area (Å²) < 4.78 is 6.21. The van der Waals surface area contributed by atoms with Crippen molar-refractivity contribution in [1.29, 1.82) is 0 Å². The number of phenolic OH excluding ortho intramolecular Hbond substituents is 1. The number of nitrogens with zero attached hydrogens (tertiary/aromatic N) is 3. The fraction of sp³-hybridized carbons (Fsp3) is 0. The smallest absolute Gasteiger partial charge is 0.164 e. The van der Waals surface area contributed by atoms with E-state index < -0.39 is 0 Å². The van der Waals surface area contributed by atoms with Crippen molar-refractivity contribution >= 4 is 43.5 Å². The lowest BCUT2D eigenvalue weighted by atomic mass is 9.91. The molecule has 244 valence electrons. The number of furan rings is 1. The van der Waals surface area contributed by atoms with Crippen molar-refractivity contribution in [2.24, 2.45) is 0 Å². The average Bonchev–Trinajstić information content (AvgIpc) is 3.60. The van der Waals surface area contributed by atoms with Gasteiger partial charge in [-0.1, -0.05) is 140 Å². The number of hydrogen-bond acceptors (Lipinski definition) is 5. The number of aromatic nitrogens is 3. The van der Waals surface area contributed by atoms with Crippen molar-refractivity contribution in [2.45, 2.75) is 0 Å². The largest absolute Gasteiger partial charge is 0.507 e. The van der Waals surface area contributed by atoms with Gasteiger partial charge < -0.3 is 9.52 Å². The Bertz CT molecular complexity index is 2970. The molecule has 0 spiro atoms. The molecule has 2 heterocycles. The number of aromatic hydroxyl groups is 1. The second-order valence-electron chi connectivity index (χ2n) is 12.9. The van der Waals surface area contributed by atoms with Crippen LogP contribution in [-0.4, -0.2) is 20.1 Å². The zero-order chi connectivity index (χ0) is 34.6. The third-order valence-corrected chi connectivity index (χ3v) is 9.84. The standard InChI is InChI=1S/C47H29N3O2/c51-44-37(36-19-11-21-41-43(36)38-18-9-10-20-40(38)52-41)26-27-39(42(44)30-13-3-1-4-14-30)47-49-45(31-15-5-2-6-16-31)48-46(50-47)33-24-25-35-32(28-33)23-22-29-12-7-8-17-34(29)35/h1-28,51H. The summed E-state index contributed by atoms with van der Waals surface area (Å²) in [5.41, 5.74) is 7.09. The van der Waals surface area contributed by atoms with Gasteiger partial charge in [0.15, 0.2) is 17.5 Å². The molecule has 0 saturated carbocycles. The lowest BCUT2D eigenvalue weighted by molar-refractivity contribution is 0.479. The molecule has 2 aromatic heterocycles. The average molecular weight is 668 g/mol. The summed E-state index contributed by atoms with van der Waals surface area (Å²) in [5, 5.41) is 19.0. The Labute approximate surface area is 299 Å². The highest BCUT2D eigenvalue weighted by atomic mass is 16.3. The molecule has 0 aliphatic heterocycles. The Morgan fingerprint density at radius 3 is 1.83 bits per heavy atom. The summed E-state index contributed by atoms with van der Waals surface area (Å²) in [7, 11) is 0. The normalized spacial score (nSPS) is 11.5. The van der Waals surface area contributed by atoms with Gasteiger partial charge in [0.25, 0.3) is 0 Å². The molecule has 0 bridgehead atoms. The highest BCUT2D eigenvalue weighted by Crippen LogP contribution is 2.47. The molecule has 0 saturated heterocycles. The van der Waals surface area contributed by atoms with Crippen molar-refractivity contribution < 1.29 is 9.52 Å². The van der Waals surface area contributed by atoms with Crippen LogP contribution in [0.25, 0.3) is 99.9 Å². The summed E-state index contributed by atoms with van der Waals surface area (Å²) in [6.07, 6.45) is 0. The maximum absolute atomic E-state index is 12.4. The molecule has 5 heteroatoms. The second kappa shape index (κ2) is 12.0. The van der Waals surface area contributed by atoms with Gasteiger partial charge >= 0.3 is 0 Å². The van der Waals surface area contributed by atoms with Crippen LogP contribution in [0.5, 0.6) is 5.75 Å². The van der Waals surface area contributed by atoms with E-state index in [1.54, 1.807) is 0 Å². The summed E-state index contributed by atoms with van der Waals surface area (Å²) >= 11 is 0. The van der Waals surface area contributed by atoms with E-state index in [1.807, 2.05) is 109 Å². The molecule has 10 aromatic rings. The monoisotopic (exact) mass is 667 g/mol. The number of fused-ring (bicyclic) bond motifs is 6. The number of phenols is 1. The number of benzene rings is 8. The molecule has 0 unspecified atom stereocenters. The van der Waals surface area contributed by atoms with E-state index in [-0.39, 0.29) is 5.75 Å². The number of para-hydroxylation sites is 1. The Balaban J connectivity index is 1.21. The second-order valence-corrected chi connectivity index (χ2v) is 12.9. The van der Waals surface area contributed by atoms with Crippen molar-refractivity contribution in [1.82, 2.24) is 15.0 Å². The van der Waals surface area contributed by atoms with Gasteiger partial charge in [-0.2, -0.15) is 0 Å². The minimum atomic E-state index is 0.141. The van der Waals surface area contributed by atoms with Crippen LogP contribution in [0, 0.1) is 0 Å². The number of hydrogen-bond donors (Lipinski definition) is 1. The molecular formula is C47H29N3O2. The maximum atomic E-state index is 12.4. The van der Waals surface area contributed by atoms with E-state index in [0.29, 0.717) is 34.2 Å². The number of rotatable bonds is 5. The minimum absolute atomic E-state index is 0.141. The lowest BCUT2D eigenvalue weighted by Crippen LogP contribution is -2.01. The molecule has 0 atom stereocenters. The van der Waals surface area contributed by atoms with E-state index in [4.69, 9.17) is 19.4 Å². The van der Waals surface area contributed by atoms with Crippen LogP contribution < -0.4 is 0 Å². The van der Waals surface area contributed by atoms with E-state index in [0.717, 1.165) is 49.6 Å². The quantitative estimate of drug-likeness (QED) is 0.185. The molecule has 0 aliphatic carbocycles. The van der Waals surface area contributed by atoms with Gasteiger partial charge in [0.05, 0.1) is 0 Å². The molecule has 1 N–H and O–H groups in total. The summed E-state index contributed by atoms with van der Waals surface area (Å²) in [6.45, 7) is 0. The van der Waals surface area contributed by atoms with Crippen LogP contribution in [0.1, 0.15) is 0 Å². The Hall–Kier alpha value is -7.11. The van der Waals surface area contributed by atoms with E-state index in [9.17, 15) is 5.11 Å². The zero-order valence-corrected chi connectivity index (χ0v) is 27.9. The lowest BCUT2D eigenvalue weighted by Gasteiger charge is -2.17. The molecule has 52 heavy (non-hydrogen) atoms.